The number of rotatable bonds is 6. The van der Waals surface area contributed by atoms with Crippen LogP contribution in [0.15, 0.2) is 65.9 Å². The van der Waals surface area contributed by atoms with Gasteiger partial charge in [0.15, 0.2) is 22.1 Å². The van der Waals surface area contributed by atoms with Crippen molar-refractivity contribution < 1.29 is 27.9 Å². The van der Waals surface area contributed by atoms with Gasteiger partial charge in [0.1, 0.15) is 14.3 Å². The third-order valence-corrected chi connectivity index (χ3v) is 11.2. The first kappa shape index (κ1) is 39.2. The van der Waals surface area contributed by atoms with Crippen LogP contribution in [0.2, 0.25) is 0 Å². The Bertz CT molecular complexity index is 1780. The molecule has 0 saturated carbocycles. The van der Waals surface area contributed by atoms with Gasteiger partial charge in [0.25, 0.3) is 0 Å². The maximum Gasteiger partial charge on any atom is 0.494 e. The highest BCUT2D eigenvalue weighted by molar-refractivity contribution is 9.10. The van der Waals surface area contributed by atoms with Crippen molar-refractivity contribution in [2.45, 2.75) is 38.9 Å². The molecule has 1 aliphatic rings. The van der Waals surface area contributed by atoms with E-state index in [-0.39, 0.29) is 11.2 Å². The number of ether oxygens (including phenoxy) is 2. The van der Waals surface area contributed by atoms with Crippen LogP contribution in [0.3, 0.4) is 0 Å². The zero-order valence-corrected chi connectivity index (χ0v) is 32.4. The number of nitrogen functional groups attached to an aromatic ring is 2. The minimum absolute atomic E-state index is 0.388. The van der Waals surface area contributed by atoms with E-state index < -0.39 is 21.4 Å². The number of benzene rings is 2. The average Bonchev–Trinajstić information content (AvgIpc) is 3.23. The van der Waals surface area contributed by atoms with Crippen LogP contribution in [0, 0.1) is 0 Å². The topological polar surface area (TPSA) is 175 Å². The van der Waals surface area contributed by atoms with E-state index in [4.69, 9.17) is 30.2 Å². The molecule has 0 radical (unpaired) electrons. The van der Waals surface area contributed by atoms with Crippen LogP contribution in [0.1, 0.15) is 27.7 Å². The van der Waals surface area contributed by atoms with Gasteiger partial charge in [-0.1, -0.05) is 6.07 Å². The standard InChI is InChI=1S/C14H23BNO3P.C13H16N3O2P.C5H5BrN2O/c1-13(2)14(3,4)19-15(18-13)10-7-8-11(16)12(9-10)20(5,6)17;1-18-10-7-15-13(16-8-10)9-4-5-11(14)12(6-9)19(2,3)17;1-9-4-2-7-5(6)8-3-4/h7-9H,16H2,1-6H3;4-8H,14H2,1-3H3;2-3H,1H3. The molecule has 0 aliphatic carbocycles. The van der Waals surface area contributed by atoms with Crippen molar-refractivity contribution in [2.75, 3.05) is 52.3 Å². The van der Waals surface area contributed by atoms with Crippen LogP contribution in [0.5, 0.6) is 11.5 Å². The fourth-order valence-corrected chi connectivity index (χ4v) is 6.79. The van der Waals surface area contributed by atoms with E-state index in [2.05, 4.69) is 35.9 Å². The van der Waals surface area contributed by atoms with Crippen molar-refractivity contribution in [2.24, 2.45) is 0 Å². The van der Waals surface area contributed by atoms with Gasteiger partial charge < -0.3 is 39.4 Å². The van der Waals surface area contributed by atoms with Crippen molar-refractivity contribution in [3.63, 3.8) is 0 Å². The number of hydrogen-bond donors (Lipinski definition) is 2. The van der Waals surface area contributed by atoms with Gasteiger partial charge in [-0.3, -0.25) is 0 Å². The summed E-state index contributed by atoms with van der Waals surface area (Å²) in [6.45, 7) is 14.9. The Morgan fingerprint density at radius 1 is 0.708 bits per heavy atom. The molecule has 1 fully saturated rings. The number of anilines is 2. The van der Waals surface area contributed by atoms with Gasteiger partial charge in [-0.25, -0.2) is 19.9 Å². The number of hydrogen-bond acceptors (Lipinski definition) is 12. The fourth-order valence-electron chi connectivity index (χ4n) is 4.28. The molecule has 4 N–H and O–H groups in total. The molecular weight excluding hydrogens is 717 g/mol. The van der Waals surface area contributed by atoms with E-state index in [0.29, 0.717) is 44.0 Å². The summed E-state index contributed by atoms with van der Waals surface area (Å²) in [6, 6.07) is 10.8. The molecule has 16 heteroatoms. The molecule has 12 nitrogen and oxygen atoms in total. The molecule has 4 aromatic rings. The lowest BCUT2D eigenvalue weighted by Crippen LogP contribution is -2.41. The number of nitrogens with two attached hydrogens (primary N) is 2. The summed E-state index contributed by atoms with van der Waals surface area (Å²) in [6.07, 6.45) is 6.37. The summed E-state index contributed by atoms with van der Waals surface area (Å²) >= 11 is 3.10. The third kappa shape index (κ3) is 10.1. The highest BCUT2D eigenvalue weighted by Gasteiger charge is 2.51. The quantitative estimate of drug-likeness (QED) is 0.116. The summed E-state index contributed by atoms with van der Waals surface area (Å²) in [4.78, 5) is 16.1. The zero-order chi connectivity index (χ0) is 36.1. The second-order valence-electron chi connectivity index (χ2n) is 12.7. The Kier molecular flexibility index (Phi) is 12.7. The Morgan fingerprint density at radius 2 is 1.12 bits per heavy atom. The first-order valence-corrected chi connectivity index (χ1v) is 20.8. The van der Waals surface area contributed by atoms with Crippen molar-refractivity contribution >= 4 is 64.8 Å². The van der Waals surface area contributed by atoms with Crippen LogP contribution in [-0.2, 0) is 18.4 Å². The molecule has 0 bridgehead atoms. The van der Waals surface area contributed by atoms with Gasteiger partial charge in [-0.2, -0.15) is 0 Å². The van der Waals surface area contributed by atoms with E-state index in [1.54, 1.807) is 83.9 Å². The zero-order valence-electron chi connectivity index (χ0n) is 29.0. The maximum absolute atomic E-state index is 12.3. The minimum atomic E-state index is -2.42. The molecule has 0 unspecified atom stereocenters. The number of aromatic nitrogens is 4. The molecule has 0 spiro atoms. The lowest BCUT2D eigenvalue weighted by molar-refractivity contribution is 0.00578. The molecule has 1 saturated heterocycles. The summed E-state index contributed by atoms with van der Waals surface area (Å²) in [5.74, 6) is 1.81. The van der Waals surface area contributed by atoms with Crippen LogP contribution in [0.25, 0.3) is 11.4 Å². The highest BCUT2D eigenvalue weighted by Crippen LogP contribution is 2.39. The van der Waals surface area contributed by atoms with E-state index in [9.17, 15) is 9.13 Å². The van der Waals surface area contributed by atoms with Crippen LogP contribution in [0.4, 0.5) is 11.4 Å². The van der Waals surface area contributed by atoms with E-state index in [1.165, 1.54) is 0 Å². The van der Waals surface area contributed by atoms with Crippen LogP contribution < -0.4 is 37.0 Å². The monoisotopic (exact) mass is 760 g/mol. The Labute approximate surface area is 291 Å². The van der Waals surface area contributed by atoms with Crippen molar-refractivity contribution in [3.8, 4) is 22.9 Å². The van der Waals surface area contributed by atoms with Gasteiger partial charge in [0.2, 0.25) is 0 Å². The number of halogens is 1. The smallest absolute Gasteiger partial charge is 0.494 e. The first-order valence-electron chi connectivity index (χ1n) is 14.8. The summed E-state index contributed by atoms with van der Waals surface area (Å²) in [7, 11) is -2.16. The maximum atomic E-state index is 12.3. The minimum Gasteiger partial charge on any atom is -0.494 e. The normalized spacial score (nSPS) is 15.0. The van der Waals surface area contributed by atoms with Gasteiger partial charge in [0.05, 0.1) is 50.2 Å². The molecule has 5 rings (SSSR count). The first-order chi connectivity index (χ1) is 22.2. The Balaban J connectivity index is 0.000000209. The fraction of sp³-hybridized carbons (Fsp3) is 0.375. The lowest BCUT2D eigenvalue weighted by Gasteiger charge is -2.32. The van der Waals surface area contributed by atoms with Crippen molar-refractivity contribution in [1.82, 2.24) is 19.9 Å². The second kappa shape index (κ2) is 15.5. The molecule has 1 aliphatic heterocycles. The van der Waals surface area contributed by atoms with Gasteiger partial charge in [0, 0.05) is 27.5 Å². The molecule has 0 amide bonds. The highest BCUT2D eigenvalue weighted by atomic mass is 79.9. The molecule has 48 heavy (non-hydrogen) atoms. The summed E-state index contributed by atoms with van der Waals surface area (Å²) in [5.41, 5.74) is 13.8. The average molecular weight is 761 g/mol. The van der Waals surface area contributed by atoms with Gasteiger partial charge in [-0.05, 0) is 106 Å². The Morgan fingerprint density at radius 3 is 1.56 bits per heavy atom. The molecule has 0 atom stereocenters. The third-order valence-electron chi connectivity index (χ3n) is 7.73. The molecule has 3 heterocycles. The second-order valence-corrected chi connectivity index (χ2v) is 19.8. The SMILES string of the molecule is CC1(C)OB(c2ccc(N)c(P(C)(C)=O)c2)OC1(C)C.COc1cnc(-c2ccc(N)c(P(C)(C)=O)c2)nc1.COc1cnc(Br)nc1. The van der Waals surface area contributed by atoms with E-state index in [1.807, 2.05) is 45.9 Å². The Hall–Kier alpha value is -3.28. The van der Waals surface area contributed by atoms with Crippen LogP contribution >= 0.6 is 30.2 Å². The summed E-state index contributed by atoms with van der Waals surface area (Å²) < 4.78 is 46.9. The molecule has 2 aromatic heterocycles. The van der Waals surface area contributed by atoms with E-state index >= 15 is 0 Å². The predicted octanol–water partition coefficient (Wildman–Crippen LogP) is 5.05. The summed E-state index contributed by atoms with van der Waals surface area (Å²) in [5, 5.41) is 1.34. The van der Waals surface area contributed by atoms with Crippen molar-refractivity contribution in [1.29, 1.82) is 0 Å². The largest absolute Gasteiger partial charge is 0.494 e. The number of nitrogens with zero attached hydrogens (tertiary/aromatic N) is 4. The lowest BCUT2D eigenvalue weighted by atomic mass is 9.79. The van der Waals surface area contributed by atoms with Gasteiger partial charge in [-0.15, -0.1) is 0 Å². The predicted molar refractivity (Wildman–Crippen MR) is 199 cm³/mol. The molecule has 2 aromatic carbocycles. The molecule has 258 valence electrons. The van der Waals surface area contributed by atoms with Crippen LogP contribution in [-0.4, -0.2) is 79.1 Å². The van der Waals surface area contributed by atoms with E-state index in [0.717, 1.165) is 11.0 Å². The number of methoxy groups -OCH3 is 2. The molecular formula is C32H44BBrN6O6P2. The van der Waals surface area contributed by atoms with Gasteiger partial charge >= 0.3 is 7.12 Å². The van der Waals surface area contributed by atoms with Crippen molar-refractivity contribution in [3.05, 3.63) is 65.9 Å².